The average molecular weight is 507 g/mol. The first kappa shape index (κ1) is 32.5. The minimum absolute atomic E-state index is 0.0949. The van der Waals surface area contributed by atoms with Crippen LogP contribution in [0.2, 0.25) is 0 Å². The molecular weight excluding hydrogens is 466 g/mol. The van der Waals surface area contributed by atoms with Gasteiger partial charge < -0.3 is 37.8 Å². The van der Waals surface area contributed by atoms with Crippen LogP contribution < -0.4 is 32.7 Å². The van der Waals surface area contributed by atoms with Crippen LogP contribution in [-0.4, -0.2) is 85.7 Å². The van der Waals surface area contributed by atoms with E-state index in [2.05, 4.69) is 21.3 Å². The molecule has 14 heteroatoms. The van der Waals surface area contributed by atoms with Gasteiger partial charge in [-0.1, -0.05) is 12.8 Å². The molecule has 0 aromatic carbocycles. The Bertz CT molecular complexity index is 684. The van der Waals surface area contributed by atoms with E-state index in [9.17, 15) is 28.3 Å². The van der Waals surface area contributed by atoms with E-state index in [1.807, 2.05) is 0 Å². The highest BCUT2D eigenvalue weighted by molar-refractivity contribution is 5.86. The van der Waals surface area contributed by atoms with Crippen LogP contribution in [-0.2, 0) is 14.4 Å². The Balaban J connectivity index is 4.08. The van der Waals surface area contributed by atoms with Crippen molar-refractivity contribution < 1.29 is 28.3 Å². The van der Waals surface area contributed by atoms with Crippen LogP contribution in [0.25, 0.3) is 0 Å². The van der Waals surface area contributed by atoms with E-state index in [0.717, 1.165) is 0 Å². The summed E-state index contributed by atoms with van der Waals surface area (Å²) in [7, 11) is 0. The number of carbonyl (C=O) groups is 3. The monoisotopic (exact) mass is 506 g/mol. The van der Waals surface area contributed by atoms with Gasteiger partial charge >= 0.3 is 5.97 Å². The van der Waals surface area contributed by atoms with Gasteiger partial charge in [0.2, 0.25) is 11.8 Å². The molecule has 0 radical (unpaired) electrons. The van der Waals surface area contributed by atoms with Crippen molar-refractivity contribution in [3.8, 4) is 0 Å². The van der Waals surface area contributed by atoms with E-state index in [4.69, 9.17) is 22.3 Å². The Morgan fingerprint density at radius 3 is 1.69 bits per heavy atom. The van der Waals surface area contributed by atoms with Crippen LogP contribution in [0.1, 0.15) is 51.4 Å². The molecule has 3 atom stereocenters. The Labute approximate surface area is 204 Å². The summed E-state index contributed by atoms with van der Waals surface area (Å²) in [5, 5.41) is 33.2. The summed E-state index contributed by atoms with van der Waals surface area (Å²) in [5.74, 6) is -4.04. The lowest BCUT2D eigenvalue weighted by atomic mass is 10.1. The fourth-order valence-electron chi connectivity index (χ4n) is 3.07. The number of hydrogen-bond donors (Lipinski definition) is 9. The summed E-state index contributed by atoms with van der Waals surface area (Å²) in [6.45, 7) is 0.910. The van der Waals surface area contributed by atoms with Crippen molar-refractivity contribution in [1.29, 1.82) is 10.8 Å². The van der Waals surface area contributed by atoms with E-state index in [0.29, 0.717) is 58.0 Å². The SMILES string of the molecule is N=C(F)CNCCCCC(N)C(=O)NCCCC(NC(=O)C(N)CCCCNCC(=N)F)C(=O)O. The Morgan fingerprint density at radius 2 is 1.23 bits per heavy atom. The minimum atomic E-state index is -1.21. The van der Waals surface area contributed by atoms with Crippen LogP contribution in [0.15, 0.2) is 0 Å². The molecule has 0 bridgehead atoms. The second kappa shape index (κ2) is 19.7. The molecule has 0 fully saturated rings. The largest absolute Gasteiger partial charge is 0.480 e. The zero-order chi connectivity index (χ0) is 26.6. The van der Waals surface area contributed by atoms with Gasteiger partial charge in [-0.25, -0.2) is 4.79 Å². The van der Waals surface area contributed by atoms with Crippen LogP contribution >= 0.6 is 0 Å². The smallest absolute Gasteiger partial charge is 0.326 e. The molecule has 3 unspecified atom stereocenters. The van der Waals surface area contributed by atoms with Crippen molar-refractivity contribution in [1.82, 2.24) is 21.3 Å². The second-order valence-electron chi connectivity index (χ2n) is 8.20. The molecule has 0 rings (SSSR count). The summed E-state index contributed by atoms with van der Waals surface area (Å²) < 4.78 is 24.5. The average Bonchev–Trinajstić information content (AvgIpc) is 2.79. The molecule has 0 spiro atoms. The molecule has 0 aromatic heterocycles. The lowest BCUT2D eigenvalue weighted by Gasteiger charge is -2.18. The van der Waals surface area contributed by atoms with Crippen molar-refractivity contribution >= 4 is 29.7 Å². The van der Waals surface area contributed by atoms with Crippen LogP contribution in [0.5, 0.6) is 0 Å². The van der Waals surface area contributed by atoms with Gasteiger partial charge in [-0.3, -0.25) is 20.4 Å². The van der Waals surface area contributed by atoms with Gasteiger partial charge in [0.15, 0.2) is 11.9 Å². The molecule has 35 heavy (non-hydrogen) atoms. The van der Waals surface area contributed by atoms with Gasteiger partial charge in [0.1, 0.15) is 6.04 Å². The number of carbonyl (C=O) groups excluding carboxylic acids is 2. The minimum Gasteiger partial charge on any atom is -0.480 e. The van der Waals surface area contributed by atoms with Gasteiger partial charge in [-0.2, -0.15) is 8.78 Å². The number of aliphatic carboxylic acids is 1. The number of hydrogen-bond acceptors (Lipinski definition) is 9. The Hall–Kier alpha value is -2.55. The fourth-order valence-corrected chi connectivity index (χ4v) is 3.07. The van der Waals surface area contributed by atoms with Crippen LogP contribution in [0.4, 0.5) is 8.78 Å². The van der Waals surface area contributed by atoms with Gasteiger partial charge in [-0.15, -0.1) is 0 Å². The molecule has 0 saturated carbocycles. The van der Waals surface area contributed by atoms with E-state index >= 15 is 0 Å². The first-order chi connectivity index (χ1) is 16.5. The highest BCUT2D eigenvalue weighted by Gasteiger charge is 2.23. The van der Waals surface area contributed by atoms with Gasteiger partial charge in [0, 0.05) is 6.54 Å². The maximum absolute atomic E-state index is 12.3. The molecule has 0 aromatic rings. The molecule has 202 valence electrons. The second-order valence-corrected chi connectivity index (χ2v) is 8.20. The number of carboxylic acid groups (broad SMARTS) is 1. The van der Waals surface area contributed by atoms with Crippen molar-refractivity contribution in [3.63, 3.8) is 0 Å². The van der Waals surface area contributed by atoms with Crippen molar-refractivity contribution in [2.75, 3.05) is 32.7 Å². The summed E-state index contributed by atoms with van der Waals surface area (Å²) in [6, 6.07) is -2.75. The summed E-state index contributed by atoms with van der Waals surface area (Å²) in [5.41, 5.74) is 11.6. The first-order valence-electron chi connectivity index (χ1n) is 11.7. The predicted octanol–water partition coefficient (Wildman–Crippen LogP) is -0.480. The number of nitrogens with two attached hydrogens (primary N) is 2. The Morgan fingerprint density at radius 1 is 0.743 bits per heavy atom. The number of amides is 2. The number of carboxylic acids is 1. The standard InChI is InChI=1S/C21H40F2N8O4/c22-17(26)12-28-9-3-1-6-14(24)19(32)30-11-5-8-16(21(34)35)31-20(33)15(25)7-2-4-10-29-13-18(23)27/h14-16,26-29H,1-13,24-25H2,(H,30,32)(H,31,33)(H,34,35). The Kier molecular flexibility index (Phi) is 18.3. The van der Waals surface area contributed by atoms with Crippen LogP contribution in [0, 0.1) is 10.8 Å². The van der Waals surface area contributed by atoms with E-state index in [1.54, 1.807) is 0 Å². The topological polar surface area (TPSA) is 219 Å². The lowest BCUT2D eigenvalue weighted by molar-refractivity contribution is -0.142. The molecule has 12 nitrogen and oxygen atoms in total. The van der Waals surface area contributed by atoms with Crippen molar-refractivity contribution in [3.05, 3.63) is 0 Å². The van der Waals surface area contributed by atoms with Crippen molar-refractivity contribution in [2.24, 2.45) is 11.5 Å². The third-order valence-electron chi connectivity index (χ3n) is 5.05. The lowest BCUT2D eigenvalue weighted by Crippen LogP contribution is -2.48. The maximum atomic E-state index is 12.3. The van der Waals surface area contributed by atoms with Crippen LogP contribution in [0.3, 0.4) is 0 Å². The molecule has 0 aliphatic carbocycles. The van der Waals surface area contributed by atoms with E-state index in [-0.39, 0.29) is 32.0 Å². The molecule has 2 amide bonds. The van der Waals surface area contributed by atoms with Gasteiger partial charge in [0.05, 0.1) is 25.2 Å². The maximum Gasteiger partial charge on any atom is 0.326 e. The predicted molar refractivity (Wildman–Crippen MR) is 129 cm³/mol. The zero-order valence-corrected chi connectivity index (χ0v) is 20.0. The summed E-state index contributed by atoms with van der Waals surface area (Å²) >= 11 is 0. The number of rotatable bonds is 22. The zero-order valence-electron chi connectivity index (χ0n) is 20.0. The van der Waals surface area contributed by atoms with Gasteiger partial charge in [0.25, 0.3) is 0 Å². The quantitative estimate of drug-likeness (QED) is 0.0688. The van der Waals surface area contributed by atoms with E-state index in [1.165, 1.54) is 0 Å². The van der Waals surface area contributed by atoms with Gasteiger partial charge in [-0.05, 0) is 51.6 Å². The molecule has 0 heterocycles. The number of unbranched alkanes of at least 4 members (excludes halogenated alkanes) is 2. The summed E-state index contributed by atoms with van der Waals surface area (Å²) in [4.78, 5) is 35.7. The fraction of sp³-hybridized carbons (Fsp3) is 0.762. The molecule has 0 saturated heterocycles. The molecular formula is C21H40F2N8O4. The van der Waals surface area contributed by atoms with E-state index < -0.39 is 41.9 Å². The summed E-state index contributed by atoms with van der Waals surface area (Å²) in [6.07, 6.45) is 3.69. The third kappa shape index (κ3) is 18.5. The number of nitrogens with one attached hydrogen (secondary N) is 6. The highest BCUT2D eigenvalue weighted by atomic mass is 19.1. The molecule has 11 N–H and O–H groups in total. The molecule has 0 aliphatic heterocycles. The van der Waals surface area contributed by atoms with Crippen molar-refractivity contribution in [2.45, 2.75) is 69.5 Å². The highest BCUT2D eigenvalue weighted by Crippen LogP contribution is 2.03. The normalized spacial score (nSPS) is 13.5. The number of halogens is 2. The molecule has 0 aliphatic rings. The third-order valence-corrected chi connectivity index (χ3v) is 5.05. The first-order valence-corrected chi connectivity index (χ1v) is 11.7.